The summed E-state index contributed by atoms with van der Waals surface area (Å²) in [6.07, 6.45) is 3.04. The van der Waals surface area contributed by atoms with E-state index in [2.05, 4.69) is 20.7 Å². The molecular weight excluding hydrogens is 414 g/mol. The van der Waals surface area contributed by atoms with Crippen LogP contribution in [0.25, 0.3) is 5.65 Å². The summed E-state index contributed by atoms with van der Waals surface area (Å²) in [5.41, 5.74) is 1.52. The van der Waals surface area contributed by atoms with Gasteiger partial charge < -0.3 is 10.2 Å². The molecule has 4 aromatic rings. The lowest BCUT2D eigenvalue weighted by atomic mass is 10.0. The third-order valence-electron chi connectivity index (χ3n) is 5.49. The third kappa shape index (κ3) is 3.84. The molecule has 2 amide bonds. The molecular formula is C23H20F2N6O. The zero-order valence-corrected chi connectivity index (χ0v) is 17.0. The molecule has 2 N–H and O–H groups in total. The van der Waals surface area contributed by atoms with Gasteiger partial charge in [-0.25, -0.2) is 18.6 Å². The first-order chi connectivity index (χ1) is 15.6. The summed E-state index contributed by atoms with van der Waals surface area (Å²) in [5.74, 6) is 0.0743. The predicted octanol–water partition coefficient (Wildman–Crippen LogP) is 4.99. The zero-order valence-electron chi connectivity index (χ0n) is 17.0. The number of nitrogens with one attached hydrogen (secondary N) is 2. The van der Waals surface area contributed by atoms with Gasteiger partial charge in [-0.3, -0.25) is 5.32 Å². The number of benzene rings is 2. The summed E-state index contributed by atoms with van der Waals surface area (Å²) in [6, 6.07) is 15.4. The maximum absolute atomic E-state index is 14.4. The lowest BCUT2D eigenvalue weighted by Crippen LogP contribution is -2.25. The Morgan fingerprint density at radius 3 is 2.72 bits per heavy atom. The summed E-state index contributed by atoms with van der Waals surface area (Å²) >= 11 is 0. The molecule has 9 heteroatoms. The van der Waals surface area contributed by atoms with Gasteiger partial charge in [-0.15, -0.1) is 5.10 Å². The van der Waals surface area contributed by atoms with Crippen LogP contribution in [-0.2, 0) is 0 Å². The summed E-state index contributed by atoms with van der Waals surface area (Å²) in [7, 11) is 0. The predicted molar refractivity (Wildman–Crippen MR) is 118 cm³/mol. The molecule has 7 nitrogen and oxygen atoms in total. The van der Waals surface area contributed by atoms with E-state index in [0.717, 1.165) is 18.6 Å². The highest BCUT2D eigenvalue weighted by Gasteiger charge is 2.30. The van der Waals surface area contributed by atoms with E-state index in [1.165, 1.54) is 16.8 Å². The van der Waals surface area contributed by atoms with Gasteiger partial charge in [0.1, 0.15) is 17.5 Å². The van der Waals surface area contributed by atoms with Gasteiger partial charge in [-0.05, 0) is 55.3 Å². The Balaban J connectivity index is 1.42. The van der Waals surface area contributed by atoms with Crippen LogP contribution >= 0.6 is 0 Å². The number of fused-ring (bicyclic) bond motifs is 1. The molecule has 0 bridgehead atoms. The van der Waals surface area contributed by atoms with E-state index in [1.54, 1.807) is 24.3 Å². The summed E-state index contributed by atoms with van der Waals surface area (Å²) < 4.78 is 29.7. The lowest BCUT2D eigenvalue weighted by molar-refractivity contribution is 0.262. The molecule has 2 aromatic carbocycles. The Bertz CT molecular complexity index is 1280. The maximum atomic E-state index is 14.4. The van der Waals surface area contributed by atoms with Crippen LogP contribution in [0.5, 0.6) is 0 Å². The van der Waals surface area contributed by atoms with E-state index < -0.39 is 17.7 Å². The number of amides is 2. The minimum atomic E-state index is -0.470. The molecule has 5 rings (SSSR count). The number of anilines is 3. The monoisotopic (exact) mass is 434 g/mol. The fraction of sp³-hybridized carbons (Fsp3) is 0.174. The van der Waals surface area contributed by atoms with Gasteiger partial charge in [0, 0.05) is 17.8 Å². The Morgan fingerprint density at radius 2 is 1.88 bits per heavy atom. The summed E-state index contributed by atoms with van der Waals surface area (Å²) in [6.45, 7) is 0.658. The van der Waals surface area contributed by atoms with Crippen molar-refractivity contribution in [3.05, 3.63) is 84.1 Å². The number of para-hydroxylation sites is 1. The van der Waals surface area contributed by atoms with E-state index in [1.807, 2.05) is 23.1 Å². The SMILES string of the molecule is O=C(Nc1ccccc1)Nc1cnc2ccc(N3CCC[C@@H]3c3cc(F)ccc3F)nn12. The van der Waals surface area contributed by atoms with Gasteiger partial charge in [0.2, 0.25) is 0 Å². The average molecular weight is 434 g/mol. The van der Waals surface area contributed by atoms with Crippen molar-refractivity contribution in [2.75, 3.05) is 22.1 Å². The van der Waals surface area contributed by atoms with Crippen LogP contribution in [0, 0.1) is 11.6 Å². The van der Waals surface area contributed by atoms with Crippen LogP contribution in [0.4, 0.5) is 30.9 Å². The molecule has 1 saturated heterocycles. The van der Waals surface area contributed by atoms with Crippen molar-refractivity contribution in [1.29, 1.82) is 0 Å². The van der Waals surface area contributed by atoms with Gasteiger partial charge in [0.15, 0.2) is 11.5 Å². The number of urea groups is 1. The number of hydrogen-bond donors (Lipinski definition) is 2. The minimum Gasteiger partial charge on any atom is -0.348 e. The minimum absolute atomic E-state index is 0.315. The fourth-order valence-electron chi connectivity index (χ4n) is 4.04. The number of imidazole rings is 1. The molecule has 1 atom stereocenters. The van der Waals surface area contributed by atoms with Crippen LogP contribution in [-0.4, -0.2) is 27.2 Å². The lowest BCUT2D eigenvalue weighted by Gasteiger charge is -2.26. The van der Waals surface area contributed by atoms with Gasteiger partial charge in [-0.1, -0.05) is 18.2 Å². The standard InChI is InChI=1S/C23H20F2N6O/c24-15-8-9-18(25)17(13-15)19-7-4-12-30(19)21-11-10-20-26-14-22(31(20)29-21)28-23(32)27-16-5-2-1-3-6-16/h1-3,5-6,8-11,13-14,19H,4,7,12H2,(H2,27,28,32)/t19-/m1/s1. The number of aromatic nitrogens is 3. The maximum Gasteiger partial charge on any atom is 0.324 e. The third-order valence-corrected chi connectivity index (χ3v) is 5.49. The van der Waals surface area contributed by atoms with Crippen molar-refractivity contribution in [1.82, 2.24) is 14.6 Å². The molecule has 1 aliphatic rings. The largest absolute Gasteiger partial charge is 0.348 e. The van der Waals surface area contributed by atoms with Gasteiger partial charge in [0.05, 0.1) is 12.2 Å². The van der Waals surface area contributed by atoms with Gasteiger partial charge >= 0.3 is 6.03 Å². The number of halogens is 2. The Kier molecular flexibility index (Phi) is 5.14. The summed E-state index contributed by atoms with van der Waals surface area (Å²) in [5, 5.41) is 10.1. The second-order valence-electron chi connectivity index (χ2n) is 7.57. The second kappa shape index (κ2) is 8.26. The first-order valence-electron chi connectivity index (χ1n) is 10.3. The normalized spacial score (nSPS) is 15.8. The van der Waals surface area contributed by atoms with Crippen LogP contribution in [0.3, 0.4) is 0 Å². The van der Waals surface area contributed by atoms with Crippen molar-refractivity contribution >= 4 is 29.0 Å². The van der Waals surface area contributed by atoms with Crippen molar-refractivity contribution in [2.45, 2.75) is 18.9 Å². The Hall–Kier alpha value is -4.01. The van der Waals surface area contributed by atoms with Crippen LogP contribution in [0.2, 0.25) is 0 Å². The van der Waals surface area contributed by atoms with E-state index >= 15 is 0 Å². The number of rotatable bonds is 4. The van der Waals surface area contributed by atoms with Crippen LogP contribution in [0.15, 0.2) is 66.9 Å². The number of hydrogen-bond acceptors (Lipinski definition) is 4. The highest BCUT2D eigenvalue weighted by atomic mass is 19.1. The Morgan fingerprint density at radius 1 is 1.03 bits per heavy atom. The average Bonchev–Trinajstić information content (AvgIpc) is 3.43. The Labute approximate surface area is 182 Å². The molecule has 162 valence electrons. The molecule has 1 aliphatic heterocycles. The smallest absolute Gasteiger partial charge is 0.324 e. The second-order valence-corrected chi connectivity index (χ2v) is 7.57. The fourth-order valence-corrected chi connectivity index (χ4v) is 4.04. The van der Waals surface area contributed by atoms with Crippen LogP contribution in [0.1, 0.15) is 24.4 Å². The first-order valence-corrected chi connectivity index (χ1v) is 10.3. The molecule has 32 heavy (non-hydrogen) atoms. The molecule has 1 fully saturated rings. The number of carbonyl (C=O) groups is 1. The quantitative estimate of drug-likeness (QED) is 0.474. The van der Waals surface area contributed by atoms with Crippen LogP contribution < -0.4 is 15.5 Å². The highest BCUT2D eigenvalue weighted by Crippen LogP contribution is 2.36. The first kappa shape index (κ1) is 19.9. The van der Waals surface area contributed by atoms with E-state index in [4.69, 9.17) is 0 Å². The van der Waals surface area contributed by atoms with Crippen molar-refractivity contribution in [2.24, 2.45) is 0 Å². The van der Waals surface area contributed by atoms with E-state index in [-0.39, 0.29) is 6.04 Å². The van der Waals surface area contributed by atoms with Gasteiger partial charge in [0.25, 0.3) is 0 Å². The number of carbonyl (C=O) groups excluding carboxylic acids is 1. The highest BCUT2D eigenvalue weighted by molar-refractivity contribution is 5.99. The molecule has 0 radical (unpaired) electrons. The molecule has 0 spiro atoms. The van der Waals surface area contributed by atoms with Gasteiger partial charge in [-0.2, -0.15) is 4.52 Å². The molecule has 0 saturated carbocycles. The van der Waals surface area contributed by atoms with E-state index in [0.29, 0.717) is 41.5 Å². The van der Waals surface area contributed by atoms with E-state index in [9.17, 15) is 13.6 Å². The molecule has 3 heterocycles. The molecule has 2 aromatic heterocycles. The number of nitrogens with zero attached hydrogens (tertiary/aromatic N) is 4. The summed E-state index contributed by atoms with van der Waals surface area (Å²) in [4.78, 5) is 18.6. The molecule has 0 unspecified atom stereocenters. The topological polar surface area (TPSA) is 74.6 Å². The molecule has 0 aliphatic carbocycles. The zero-order chi connectivity index (χ0) is 22.1. The van der Waals surface area contributed by atoms with Crippen molar-refractivity contribution < 1.29 is 13.6 Å². The van der Waals surface area contributed by atoms with Crippen molar-refractivity contribution in [3.8, 4) is 0 Å². The van der Waals surface area contributed by atoms with Crippen molar-refractivity contribution in [3.63, 3.8) is 0 Å².